The van der Waals surface area contributed by atoms with Crippen molar-refractivity contribution in [2.24, 2.45) is 33.5 Å². The number of nitrogens with zero attached hydrogens (tertiary/aromatic N) is 1. The molecule has 8 unspecified atom stereocenters. The van der Waals surface area contributed by atoms with E-state index in [0.29, 0.717) is 43.2 Å². The summed E-state index contributed by atoms with van der Waals surface area (Å²) in [5, 5.41) is 35.9. The van der Waals surface area contributed by atoms with Gasteiger partial charge in [0.2, 0.25) is 0 Å². The van der Waals surface area contributed by atoms with Crippen LogP contribution in [0, 0.1) is 40.4 Å². The van der Waals surface area contributed by atoms with E-state index >= 15 is 0 Å². The Labute approximate surface area is 282 Å². The van der Waals surface area contributed by atoms with Crippen molar-refractivity contribution < 1.29 is 20.1 Å². The van der Waals surface area contributed by atoms with Crippen LogP contribution in [-0.2, 0) is 5.60 Å². The van der Waals surface area contributed by atoms with E-state index in [0.717, 1.165) is 66.1 Å². The molecule has 2 aromatic rings. The number of hydrogen-bond acceptors (Lipinski definition) is 6. The largest absolute Gasteiger partial charge is 0.393 e. The number of fused-ring (bicyclic) bond motifs is 1. The van der Waals surface area contributed by atoms with Gasteiger partial charge in [-0.15, -0.1) is 11.3 Å². The van der Waals surface area contributed by atoms with Gasteiger partial charge in [0.05, 0.1) is 22.2 Å². The number of piperidine rings is 1. The molecule has 46 heavy (non-hydrogen) atoms. The molecule has 3 N–H and O–H groups in total. The first-order valence-corrected chi connectivity index (χ1v) is 18.6. The number of carbonyl (C=O) groups excluding carboxylic acids is 1. The van der Waals surface area contributed by atoms with Gasteiger partial charge in [-0.25, -0.2) is 0 Å². The van der Waals surface area contributed by atoms with Gasteiger partial charge in [0, 0.05) is 51.4 Å². The normalized spacial score (nSPS) is 42.7. The standard InChI is InChI=1S/C39H48ClNO4S/c1-25-4-9-30(46-25)33(43)29-23-36-16-17-39(29)31(34(36,2)13-10-28(42)22-36)11-14-35(3)32(39)12-15-38(35,45)24-41-20-18-37(44,19-21-41)26-5-7-27(40)8-6-26/h4-9,16-17,23,28,31-32,42,44-45H,10-15,18-22,24H2,1-3H3. The van der Waals surface area contributed by atoms with E-state index in [4.69, 9.17) is 11.6 Å². The number of thiophene rings is 1. The Morgan fingerprint density at radius 2 is 1.59 bits per heavy atom. The van der Waals surface area contributed by atoms with Crippen LogP contribution in [0.25, 0.3) is 0 Å². The van der Waals surface area contributed by atoms with Gasteiger partial charge >= 0.3 is 0 Å². The molecule has 5 nitrogen and oxygen atoms in total. The number of aliphatic hydroxyl groups excluding tert-OH is 1. The molecule has 9 rings (SSSR count). The molecule has 1 aromatic carbocycles. The highest BCUT2D eigenvalue weighted by Gasteiger charge is 2.74. The van der Waals surface area contributed by atoms with Crippen LogP contribution in [0.4, 0.5) is 0 Å². The second-order valence-corrected chi connectivity index (χ2v) is 18.1. The van der Waals surface area contributed by atoms with Crippen LogP contribution in [0.5, 0.6) is 0 Å². The van der Waals surface area contributed by atoms with E-state index in [2.05, 4.69) is 43.9 Å². The van der Waals surface area contributed by atoms with Gasteiger partial charge < -0.3 is 20.2 Å². The molecule has 2 heterocycles. The van der Waals surface area contributed by atoms with Crippen LogP contribution in [0.3, 0.4) is 0 Å². The fourth-order valence-electron chi connectivity index (χ4n) is 11.8. The molecular weight excluding hydrogens is 614 g/mol. The minimum absolute atomic E-state index is 0.0306. The zero-order valence-electron chi connectivity index (χ0n) is 27.4. The summed E-state index contributed by atoms with van der Waals surface area (Å²) >= 11 is 7.69. The average molecular weight is 662 g/mol. The van der Waals surface area contributed by atoms with Gasteiger partial charge in [0.25, 0.3) is 0 Å². The van der Waals surface area contributed by atoms with Crippen molar-refractivity contribution in [2.45, 2.75) is 95.9 Å². The highest BCUT2D eigenvalue weighted by molar-refractivity contribution is 7.14. The Morgan fingerprint density at radius 3 is 2.28 bits per heavy atom. The summed E-state index contributed by atoms with van der Waals surface area (Å²) in [4.78, 5) is 18.9. The first kappa shape index (κ1) is 31.5. The van der Waals surface area contributed by atoms with Crippen LogP contribution in [0.2, 0.25) is 5.02 Å². The second kappa shape index (κ2) is 10.4. The third kappa shape index (κ3) is 4.16. The highest BCUT2D eigenvalue weighted by Crippen LogP contribution is 2.78. The molecule has 6 aliphatic carbocycles. The number of rotatable bonds is 5. The maximum absolute atomic E-state index is 14.6. The molecule has 0 radical (unpaired) electrons. The molecule has 2 bridgehead atoms. The number of Topliss-reactive ketones (excluding diaryl/α,β-unsaturated/α-hetero) is 1. The summed E-state index contributed by atoms with van der Waals surface area (Å²) in [6.45, 7) is 8.85. The molecule has 4 fully saturated rings. The Morgan fingerprint density at radius 1 is 0.913 bits per heavy atom. The van der Waals surface area contributed by atoms with Crippen molar-refractivity contribution in [1.29, 1.82) is 0 Å². The van der Waals surface area contributed by atoms with Crippen LogP contribution >= 0.6 is 22.9 Å². The Hall–Kier alpha value is -1.80. The number of allylic oxidation sites excluding steroid dienone is 4. The van der Waals surface area contributed by atoms with Gasteiger partial charge in [-0.05, 0) is 112 Å². The lowest BCUT2D eigenvalue weighted by Gasteiger charge is -2.71. The van der Waals surface area contributed by atoms with Crippen LogP contribution < -0.4 is 0 Å². The number of ketones is 1. The van der Waals surface area contributed by atoms with E-state index < -0.39 is 16.6 Å². The Bertz CT molecular complexity index is 1620. The lowest BCUT2D eigenvalue weighted by Crippen LogP contribution is -2.67. The topological polar surface area (TPSA) is 81.0 Å². The Balaban J connectivity index is 1.13. The number of hydrogen-bond donors (Lipinski definition) is 3. The van der Waals surface area contributed by atoms with E-state index in [1.165, 1.54) is 0 Å². The highest BCUT2D eigenvalue weighted by atomic mass is 35.5. The zero-order chi connectivity index (χ0) is 32.3. The molecule has 7 aliphatic rings. The van der Waals surface area contributed by atoms with Crippen molar-refractivity contribution in [3.05, 3.63) is 80.5 Å². The fourth-order valence-corrected chi connectivity index (χ4v) is 12.7. The molecular formula is C39H48ClNO4S. The van der Waals surface area contributed by atoms with E-state index in [-0.39, 0.29) is 34.1 Å². The second-order valence-electron chi connectivity index (χ2n) is 16.4. The monoisotopic (exact) mass is 661 g/mol. The third-order valence-electron chi connectivity index (χ3n) is 14.5. The molecule has 1 aromatic heterocycles. The maximum atomic E-state index is 14.6. The number of aliphatic hydroxyl groups is 3. The van der Waals surface area contributed by atoms with Crippen molar-refractivity contribution >= 4 is 28.7 Å². The van der Waals surface area contributed by atoms with Crippen molar-refractivity contribution in [2.75, 3.05) is 19.6 Å². The predicted molar refractivity (Wildman–Crippen MR) is 183 cm³/mol. The smallest absolute Gasteiger partial charge is 0.199 e. The van der Waals surface area contributed by atoms with E-state index in [1.807, 2.05) is 36.4 Å². The Kier molecular flexibility index (Phi) is 7.08. The molecule has 2 spiro atoms. The van der Waals surface area contributed by atoms with Crippen LogP contribution in [-0.4, -0.2) is 57.3 Å². The first-order chi connectivity index (χ1) is 21.8. The molecule has 1 saturated heterocycles. The fraction of sp³-hybridized carbons (Fsp3) is 0.615. The molecule has 1 aliphatic heterocycles. The predicted octanol–water partition coefficient (Wildman–Crippen LogP) is 7.47. The summed E-state index contributed by atoms with van der Waals surface area (Å²) in [7, 11) is 0. The van der Waals surface area contributed by atoms with Gasteiger partial charge in [-0.2, -0.15) is 0 Å². The zero-order valence-corrected chi connectivity index (χ0v) is 29.0. The van der Waals surface area contributed by atoms with Crippen LogP contribution in [0.1, 0.15) is 91.7 Å². The van der Waals surface area contributed by atoms with E-state index in [9.17, 15) is 20.1 Å². The van der Waals surface area contributed by atoms with Crippen molar-refractivity contribution in [3.8, 4) is 0 Å². The van der Waals surface area contributed by atoms with Gasteiger partial charge in [-0.1, -0.05) is 55.8 Å². The van der Waals surface area contributed by atoms with Crippen molar-refractivity contribution in [3.63, 3.8) is 0 Å². The summed E-state index contributed by atoms with van der Waals surface area (Å²) in [6, 6.07) is 11.6. The lowest BCUT2D eigenvalue weighted by atomic mass is 9.32. The molecule has 246 valence electrons. The minimum Gasteiger partial charge on any atom is -0.393 e. The molecule has 8 atom stereocenters. The first-order valence-electron chi connectivity index (χ1n) is 17.4. The molecule has 7 heteroatoms. The molecule has 0 amide bonds. The number of carbonyl (C=O) groups is 1. The number of β-amino-alcohol motifs (C(OH)–C–C–N with tert-alkyl or cyclic N) is 1. The molecule has 3 saturated carbocycles. The third-order valence-corrected chi connectivity index (χ3v) is 15.7. The van der Waals surface area contributed by atoms with Gasteiger partial charge in [0.1, 0.15) is 0 Å². The number of benzene rings is 1. The SMILES string of the molecule is Cc1ccc(C(=O)C2=CC34C=CC25C(CCC2(C)C5CCC2(O)CN2CCC(O)(c5ccc(Cl)cc5)CC2)C3(C)CCC(O)C4)s1. The summed E-state index contributed by atoms with van der Waals surface area (Å²) in [5.74, 6) is 0.590. The van der Waals surface area contributed by atoms with Gasteiger partial charge in [-0.3, -0.25) is 4.79 Å². The van der Waals surface area contributed by atoms with Gasteiger partial charge in [0.15, 0.2) is 5.78 Å². The van der Waals surface area contributed by atoms with E-state index in [1.54, 1.807) is 11.3 Å². The minimum atomic E-state index is -0.885. The van der Waals surface area contributed by atoms with Crippen LogP contribution in [0.15, 0.2) is 60.2 Å². The lowest BCUT2D eigenvalue weighted by molar-refractivity contribution is -0.178. The maximum Gasteiger partial charge on any atom is 0.199 e. The number of aryl methyl sites for hydroxylation is 1. The number of halogens is 1. The summed E-state index contributed by atoms with van der Waals surface area (Å²) in [6.07, 6.45) is 13.9. The summed E-state index contributed by atoms with van der Waals surface area (Å²) in [5.41, 5.74) is -1.06. The summed E-state index contributed by atoms with van der Waals surface area (Å²) < 4.78 is 0. The quantitative estimate of drug-likeness (QED) is 0.229. The number of likely N-dealkylation sites (tertiary alicyclic amines) is 1. The van der Waals surface area contributed by atoms with Crippen molar-refractivity contribution in [1.82, 2.24) is 4.90 Å². The average Bonchev–Trinajstić information content (AvgIpc) is 3.58.